The number of hydrogen-bond donors (Lipinski definition) is 0. The predicted octanol–water partition coefficient (Wildman–Crippen LogP) is 4.85. The highest BCUT2D eigenvalue weighted by molar-refractivity contribution is 5.87. The molecular formula is C24H22N2O3. The zero-order valence-electron chi connectivity index (χ0n) is 16.4. The van der Waals surface area contributed by atoms with Gasteiger partial charge in [0.15, 0.2) is 5.39 Å². The molecule has 29 heavy (non-hydrogen) atoms. The van der Waals surface area contributed by atoms with E-state index in [0.717, 1.165) is 36.9 Å². The van der Waals surface area contributed by atoms with Crippen molar-refractivity contribution in [3.8, 4) is 5.69 Å². The minimum Gasteiger partial charge on any atom is -0.437 e. The van der Waals surface area contributed by atoms with Gasteiger partial charge >= 0.3 is 0 Å². The molecule has 1 aliphatic rings. The van der Waals surface area contributed by atoms with E-state index in [0.29, 0.717) is 16.8 Å². The van der Waals surface area contributed by atoms with Gasteiger partial charge in [0.05, 0.1) is 11.1 Å². The van der Waals surface area contributed by atoms with Crippen LogP contribution in [-0.4, -0.2) is 9.55 Å². The van der Waals surface area contributed by atoms with Crippen LogP contribution >= 0.6 is 0 Å². The van der Waals surface area contributed by atoms with E-state index in [9.17, 15) is 9.59 Å². The van der Waals surface area contributed by atoms with Gasteiger partial charge < -0.3 is 4.42 Å². The van der Waals surface area contributed by atoms with Gasteiger partial charge in [-0.15, -0.1) is 0 Å². The average Bonchev–Trinajstić information content (AvgIpc) is 2.75. The molecule has 0 saturated heterocycles. The molecular weight excluding hydrogens is 364 g/mol. The maximum atomic E-state index is 13.6. The number of fused-ring (bicyclic) bond motifs is 2. The van der Waals surface area contributed by atoms with Crippen molar-refractivity contribution < 1.29 is 4.42 Å². The molecule has 0 N–H and O–H groups in total. The number of para-hydroxylation sites is 1. The van der Waals surface area contributed by atoms with Crippen molar-refractivity contribution in [2.75, 3.05) is 0 Å². The summed E-state index contributed by atoms with van der Waals surface area (Å²) in [4.78, 5) is 31.5. The van der Waals surface area contributed by atoms with Crippen LogP contribution < -0.4 is 11.0 Å². The van der Waals surface area contributed by atoms with Crippen molar-refractivity contribution in [3.63, 3.8) is 0 Å². The summed E-state index contributed by atoms with van der Waals surface area (Å²) >= 11 is 0. The zero-order chi connectivity index (χ0) is 20.0. The van der Waals surface area contributed by atoms with E-state index in [1.165, 1.54) is 6.42 Å². The van der Waals surface area contributed by atoms with Gasteiger partial charge in [-0.1, -0.05) is 49.1 Å². The maximum Gasteiger partial charge on any atom is 0.273 e. The minimum absolute atomic E-state index is 0.0174. The molecule has 0 aliphatic heterocycles. The SMILES string of the molecule is Cc1ccc(-n2c(C3CCCCC3)nc3oc4ccccc4c(=O)c3c2=O)cc1. The van der Waals surface area contributed by atoms with Gasteiger partial charge in [0.1, 0.15) is 11.4 Å². The third-order valence-electron chi connectivity index (χ3n) is 5.90. The summed E-state index contributed by atoms with van der Waals surface area (Å²) in [7, 11) is 0. The molecule has 4 aromatic rings. The molecule has 0 spiro atoms. The minimum atomic E-state index is -0.348. The van der Waals surface area contributed by atoms with Crippen LogP contribution in [0, 0.1) is 6.92 Å². The van der Waals surface area contributed by atoms with Gasteiger partial charge in [-0.2, -0.15) is 4.98 Å². The van der Waals surface area contributed by atoms with Gasteiger partial charge in [-0.05, 0) is 44.0 Å². The molecule has 5 nitrogen and oxygen atoms in total. The van der Waals surface area contributed by atoms with Gasteiger partial charge in [0.2, 0.25) is 11.1 Å². The number of aromatic nitrogens is 2. The van der Waals surface area contributed by atoms with Crippen LogP contribution in [-0.2, 0) is 0 Å². The third-order valence-corrected chi connectivity index (χ3v) is 5.90. The number of hydrogen-bond acceptors (Lipinski definition) is 4. The summed E-state index contributed by atoms with van der Waals surface area (Å²) in [6.07, 6.45) is 5.42. The molecule has 0 atom stereocenters. The van der Waals surface area contributed by atoms with Crippen LogP contribution in [0.15, 0.2) is 62.5 Å². The van der Waals surface area contributed by atoms with Gasteiger partial charge in [0.25, 0.3) is 5.56 Å². The topological polar surface area (TPSA) is 65.1 Å². The molecule has 0 bridgehead atoms. The second-order valence-electron chi connectivity index (χ2n) is 7.89. The summed E-state index contributed by atoms with van der Waals surface area (Å²) in [5.41, 5.74) is 1.78. The molecule has 5 rings (SSSR count). The van der Waals surface area contributed by atoms with Crippen molar-refractivity contribution in [1.82, 2.24) is 9.55 Å². The molecule has 2 heterocycles. The monoisotopic (exact) mass is 386 g/mol. The molecule has 5 heteroatoms. The smallest absolute Gasteiger partial charge is 0.273 e. The van der Waals surface area contributed by atoms with Gasteiger partial charge in [-0.3, -0.25) is 14.2 Å². The fraction of sp³-hybridized carbons (Fsp3) is 0.292. The highest BCUT2D eigenvalue weighted by Gasteiger charge is 2.25. The van der Waals surface area contributed by atoms with Crippen molar-refractivity contribution in [2.45, 2.75) is 44.9 Å². The molecule has 0 radical (unpaired) electrons. The number of nitrogens with zero attached hydrogens (tertiary/aromatic N) is 2. The first-order chi connectivity index (χ1) is 14.1. The summed E-state index contributed by atoms with van der Waals surface area (Å²) in [5, 5.41) is 0.420. The normalized spacial score (nSPS) is 15.2. The van der Waals surface area contributed by atoms with Gasteiger partial charge in [-0.25, -0.2) is 0 Å². The maximum absolute atomic E-state index is 13.6. The summed E-state index contributed by atoms with van der Waals surface area (Å²) < 4.78 is 7.55. The molecule has 2 aromatic heterocycles. The quantitative estimate of drug-likeness (QED) is 0.462. The fourth-order valence-electron chi connectivity index (χ4n) is 4.35. The Morgan fingerprint density at radius 2 is 1.69 bits per heavy atom. The zero-order valence-corrected chi connectivity index (χ0v) is 16.4. The molecule has 1 saturated carbocycles. The molecule has 1 fully saturated rings. The van der Waals surface area contributed by atoms with E-state index in [4.69, 9.17) is 9.40 Å². The fourth-order valence-corrected chi connectivity index (χ4v) is 4.35. The molecule has 2 aromatic carbocycles. The Bertz CT molecular complexity index is 1330. The lowest BCUT2D eigenvalue weighted by Crippen LogP contribution is -2.29. The molecule has 0 unspecified atom stereocenters. The van der Waals surface area contributed by atoms with E-state index >= 15 is 0 Å². The third kappa shape index (κ3) is 2.97. The highest BCUT2D eigenvalue weighted by atomic mass is 16.3. The van der Waals surface area contributed by atoms with Crippen LogP contribution in [0.3, 0.4) is 0 Å². The number of rotatable bonds is 2. The van der Waals surface area contributed by atoms with Crippen LogP contribution in [0.1, 0.15) is 49.4 Å². The first kappa shape index (κ1) is 17.9. The van der Waals surface area contributed by atoms with Crippen LogP contribution in [0.25, 0.3) is 27.8 Å². The molecule has 146 valence electrons. The van der Waals surface area contributed by atoms with Gasteiger partial charge in [0, 0.05) is 5.92 Å². The van der Waals surface area contributed by atoms with Crippen molar-refractivity contribution >= 4 is 22.1 Å². The second-order valence-corrected chi connectivity index (χ2v) is 7.89. The largest absolute Gasteiger partial charge is 0.437 e. The Labute approximate surface area is 167 Å². The Morgan fingerprint density at radius 1 is 0.966 bits per heavy atom. The van der Waals surface area contributed by atoms with Crippen molar-refractivity contribution in [3.05, 3.63) is 80.5 Å². The van der Waals surface area contributed by atoms with Crippen molar-refractivity contribution in [1.29, 1.82) is 0 Å². The van der Waals surface area contributed by atoms with E-state index < -0.39 is 0 Å². The Balaban J connectivity index is 1.88. The Hall–Kier alpha value is -3.21. The van der Waals surface area contributed by atoms with Crippen LogP contribution in [0.5, 0.6) is 0 Å². The Morgan fingerprint density at radius 3 is 2.45 bits per heavy atom. The van der Waals surface area contributed by atoms with E-state index in [2.05, 4.69) is 0 Å². The van der Waals surface area contributed by atoms with E-state index in [1.54, 1.807) is 22.8 Å². The molecule has 0 amide bonds. The van der Waals surface area contributed by atoms with E-state index in [-0.39, 0.29) is 28.0 Å². The lowest BCUT2D eigenvalue weighted by molar-refractivity contribution is 0.420. The molecule has 1 aliphatic carbocycles. The first-order valence-corrected chi connectivity index (χ1v) is 10.2. The predicted molar refractivity (Wildman–Crippen MR) is 114 cm³/mol. The van der Waals surface area contributed by atoms with Crippen molar-refractivity contribution in [2.24, 2.45) is 0 Å². The summed E-state index contributed by atoms with van der Waals surface area (Å²) in [5.74, 6) is 0.878. The highest BCUT2D eigenvalue weighted by Crippen LogP contribution is 2.33. The van der Waals surface area contributed by atoms with Crippen LogP contribution in [0.4, 0.5) is 0 Å². The van der Waals surface area contributed by atoms with E-state index in [1.807, 2.05) is 37.3 Å². The number of benzene rings is 2. The summed E-state index contributed by atoms with van der Waals surface area (Å²) in [6.45, 7) is 2.01. The Kier molecular flexibility index (Phi) is 4.31. The first-order valence-electron chi connectivity index (χ1n) is 10.2. The number of aryl methyl sites for hydroxylation is 1. The van der Waals surface area contributed by atoms with Crippen LogP contribution in [0.2, 0.25) is 0 Å². The average molecular weight is 386 g/mol. The summed E-state index contributed by atoms with van der Waals surface area (Å²) in [6, 6.07) is 14.8. The lowest BCUT2D eigenvalue weighted by Gasteiger charge is -2.24. The second kappa shape index (κ2) is 6.99. The lowest BCUT2D eigenvalue weighted by atomic mass is 9.88. The standard InChI is InChI=1S/C24H22N2O3/c1-15-11-13-17(14-12-15)26-22(16-7-3-2-4-8-16)25-23-20(24(26)28)21(27)18-9-5-6-10-19(18)29-23/h5-6,9-14,16H,2-4,7-8H2,1H3.